The van der Waals surface area contributed by atoms with Gasteiger partial charge in [0.25, 0.3) is 5.91 Å². The van der Waals surface area contributed by atoms with Crippen molar-refractivity contribution in [3.05, 3.63) is 53.6 Å². The van der Waals surface area contributed by atoms with Gasteiger partial charge in [-0.25, -0.2) is 9.59 Å². The van der Waals surface area contributed by atoms with Crippen molar-refractivity contribution in [2.24, 2.45) is 5.92 Å². The van der Waals surface area contributed by atoms with Crippen LogP contribution in [0, 0.1) is 5.92 Å². The molecule has 0 unspecified atom stereocenters. The second-order valence-corrected chi connectivity index (χ2v) is 10.5. The van der Waals surface area contributed by atoms with E-state index < -0.39 is 35.8 Å². The van der Waals surface area contributed by atoms with Crippen LogP contribution in [0.1, 0.15) is 43.6 Å². The third-order valence-electron chi connectivity index (χ3n) is 6.61. The molecular formula is C28H36F3N5O5. The summed E-state index contributed by atoms with van der Waals surface area (Å²) in [7, 11) is 1.65. The maximum Gasteiger partial charge on any atom is 0.416 e. The van der Waals surface area contributed by atoms with Gasteiger partial charge in [-0.05, 0) is 63.2 Å². The van der Waals surface area contributed by atoms with Gasteiger partial charge in [-0.1, -0.05) is 6.92 Å². The molecule has 4 N–H and O–H groups in total. The monoisotopic (exact) mass is 579 g/mol. The minimum absolute atomic E-state index is 0.0535. The lowest BCUT2D eigenvalue weighted by molar-refractivity contribution is -0.137. The van der Waals surface area contributed by atoms with E-state index in [-0.39, 0.29) is 60.4 Å². The highest BCUT2D eigenvalue weighted by atomic mass is 19.4. The second kappa shape index (κ2) is 13.1. The molecule has 0 spiro atoms. The van der Waals surface area contributed by atoms with Crippen molar-refractivity contribution in [2.45, 2.75) is 52.1 Å². The zero-order chi connectivity index (χ0) is 30.5. The number of fused-ring (bicyclic) bond motifs is 1. The molecule has 1 aliphatic heterocycles. The van der Waals surface area contributed by atoms with E-state index >= 15 is 0 Å². The second-order valence-electron chi connectivity index (χ2n) is 10.5. The summed E-state index contributed by atoms with van der Waals surface area (Å²) in [6, 6.07) is 6.90. The smallest absolute Gasteiger partial charge is 0.416 e. The van der Waals surface area contributed by atoms with Crippen LogP contribution in [-0.4, -0.2) is 77.8 Å². The number of rotatable bonds is 7. The number of urea groups is 2. The number of carbonyl (C=O) groups is 3. The maximum absolute atomic E-state index is 13.6. The molecule has 41 heavy (non-hydrogen) atoms. The van der Waals surface area contributed by atoms with Crippen molar-refractivity contribution in [1.82, 2.24) is 15.1 Å². The Labute approximate surface area is 236 Å². The third kappa shape index (κ3) is 8.26. The summed E-state index contributed by atoms with van der Waals surface area (Å²) in [5, 5.41) is 17.7. The van der Waals surface area contributed by atoms with Crippen molar-refractivity contribution in [2.75, 3.05) is 37.4 Å². The summed E-state index contributed by atoms with van der Waals surface area (Å²) in [5.74, 6) is -0.375. The van der Waals surface area contributed by atoms with Crippen molar-refractivity contribution in [1.29, 1.82) is 0 Å². The van der Waals surface area contributed by atoms with Gasteiger partial charge in [-0.3, -0.25) is 4.79 Å². The minimum atomic E-state index is -4.50. The Balaban J connectivity index is 1.84. The molecule has 5 amide bonds. The largest absolute Gasteiger partial charge is 0.487 e. The Morgan fingerprint density at radius 2 is 1.71 bits per heavy atom. The van der Waals surface area contributed by atoms with E-state index in [2.05, 4.69) is 16.0 Å². The molecular weight excluding hydrogens is 543 g/mol. The molecule has 2 aromatic rings. The highest BCUT2D eigenvalue weighted by Crippen LogP contribution is 2.32. The summed E-state index contributed by atoms with van der Waals surface area (Å²) in [6.45, 7) is 7.52. The normalized spacial score (nSPS) is 18.0. The molecule has 224 valence electrons. The molecule has 1 aliphatic rings. The number of alkyl halides is 3. The van der Waals surface area contributed by atoms with E-state index in [1.54, 1.807) is 14.0 Å². The van der Waals surface area contributed by atoms with E-state index in [1.165, 1.54) is 28.0 Å². The Bertz CT molecular complexity index is 1240. The summed E-state index contributed by atoms with van der Waals surface area (Å²) in [5.41, 5.74) is -0.319. The van der Waals surface area contributed by atoms with Crippen LogP contribution in [0.5, 0.6) is 5.75 Å². The SMILES string of the molecule is CC(C)NC(=O)N(C)C[C@@H]1Oc2ccc(NC(=O)Nc3ccc(C(F)(F)F)cc3)cc2C(=O)N([C@H](C)CO)C[C@H]1C. The van der Waals surface area contributed by atoms with Crippen molar-refractivity contribution in [3.63, 3.8) is 0 Å². The number of aliphatic hydroxyl groups is 1. The van der Waals surface area contributed by atoms with Crippen LogP contribution in [0.4, 0.5) is 34.1 Å². The Morgan fingerprint density at radius 3 is 2.29 bits per heavy atom. The number of benzene rings is 2. The first-order chi connectivity index (χ1) is 19.2. The molecule has 0 radical (unpaired) electrons. The van der Waals surface area contributed by atoms with Gasteiger partial charge in [0, 0.05) is 36.9 Å². The first-order valence-electron chi connectivity index (χ1n) is 13.2. The standard InChI is InChI=1S/C28H36F3N5O5/c1-16(2)32-27(40)35(5)14-24-17(3)13-36(18(4)15-37)25(38)22-12-21(10-11-23(22)41-24)34-26(39)33-20-8-6-19(7-9-20)28(29,30)31/h6-12,16-18,24,37H,13-15H2,1-5H3,(H,32,40)(H2,33,34,39)/t17-,18-,24+/m1/s1. The number of nitrogens with one attached hydrogen (secondary N) is 3. The van der Waals surface area contributed by atoms with Gasteiger partial charge in [0.1, 0.15) is 11.9 Å². The van der Waals surface area contributed by atoms with Gasteiger partial charge in [0.15, 0.2) is 0 Å². The molecule has 2 aromatic carbocycles. The van der Waals surface area contributed by atoms with Crippen LogP contribution < -0.4 is 20.7 Å². The number of likely N-dealkylation sites (N-methyl/N-ethyl adjacent to an activating group) is 1. The van der Waals surface area contributed by atoms with E-state index in [1.807, 2.05) is 20.8 Å². The minimum Gasteiger partial charge on any atom is -0.487 e. The van der Waals surface area contributed by atoms with Gasteiger partial charge in [0.05, 0.1) is 30.3 Å². The van der Waals surface area contributed by atoms with E-state index in [0.717, 1.165) is 24.3 Å². The highest BCUT2D eigenvalue weighted by molar-refractivity contribution is 6.02. The molecule has 0 aromatic heterocycles. The zero-order valence-corrected chi connectivity index (χ0v) is 23.6. The predicted molar refractivity (Wildman–Crippen MR) is 148 cm³/mol. The summed E-state index contributed by atoms with van der Waals surface area (Å²) >= 11 is 0. The lowest BCUT2D eigenvalue weighted by atomic mass is 9.99. The zero-order valence-electron chi connectivity index (χ0n) is 23.6. The van der Waals surface area contributed by atoms with Crippen LogP contribution in [0.15, 0.2) is 42.5 Å². The molecule has 10 nitrogen and oxygen atoms in total. The molecule has 13 heteroatoms. The van der Waals surface area contributed by atoms with Crippen LogP contribution >= 0.6 is 0 Å². The quantitative estimate of drug-likeness (QED) is 0.381. The van der Waals surface area contributed by atoms with Crippen LogP contribution in [-0.2, 0) is 6.18 Å². The number of carbonyl (C=O) groups excluding carboxylic acids is 3. The van der Waals surface area contributed by atoms with Crippen LogP contribution in [0.2, 0.25) is 0 Å². The van der Waals surface area contributed by atoms with Crippen LogP contribution in [0.3, 0.4) is 0 Å². The van der Waals surface area contributed by atoms with Gasteiger partial charge in [-0.15, -0.1) is 0 Å². The molecule has 0 saturated heterocycles. The van der Waals surface area contributed by atoms with E-state index in [4.69, 9.17) is 4.74 Å². The average molecular weight is 580 g/mol. The van der Waals surface area contributed by atoms with Crippen LogP contribution in [0.25, 0.3) is 0 Å². The molecule has 0 bridgehead atoms. The topological polar surface area (TPSA) is 123 Å². The number of ether oxygens (including phenoxy) is 1. The number of nitrogens with zero attached hydrogens (tertiary/aromatic N) is 2. The highest BCUT2D eigenvalue weighted by Gasteiger charge is 2.34. The fourth-order valence-corrected chi connectivity index (χ4v) is 4.26. The Hall–Kier alpha value is -4.00. The lowest BCUT2D eigenvalue weighted by Crippen LogP contribution is -2.51. The number of hydrogen-bond donors (Lipinski definition) is 4. The fraction of sp³-hybridized carbons (Fsp3) is 0.464. The third-order valence-corrected chi connectivity index (χ3v) is 6.61. The van der Waals surface area contributed by atoms with Crippen molar-refractivity contribution in [3.8, 4) is 5.75 Å². The number of amides is 5. The summed E-state index contributed by atoms with van der Waals surface area (Å²) in [6.07, 6.45) is -5.00. The van der Waals surface area contributed by atoms with Gasteiger partial charge in [0.2, 0.25) is 0 Å². The molecule has 0 saturated carbocycles. The number of halogens is 3. The number of aliphatic hydroxyl groups excluding tert-OH is 1. The van der Waals surface area contributed by atoms with Gasteiger partial charge >= 0.3 is 18.2 Å². The number of hydrogen-bond acceptors (Lipinski definition) is 5. The van der Waals surface area contributed by atoms with Crippen molar-refractivity contribution >= 4 is 29.3 Å². The predicted octanol–water partition coefficient (Wildman–Crippen LogP) is 4.62. The molecule has 1 heterocycles. The average Bonchev–Trinajstić information content (AvgIpc) is 2.89. The van der Waals surface area contributed by atoms with E-state index in [9.17, 15) is 32.7 Å². The molecule has 0 fully saturated rings. The summed E-state index contributed by atoms with van der Waals surface area (Å²) in [4.78, 5) is 41.7. The Morgan fingerprint density at radius 1 is 1.10 bits per heavy atom. The fourth-order valence-electron chi connectivity index (χ4n) is 4.26. The van der Waals surface area contributed by atoms with Gasteiger partial charge in [-0.2, -0.15) is 13.2 Å². The maximum atomic E-state index is 13.6. The Kier molecular flexibility index (Phi) is 10.1. The molecule has 0 aliphatic carbocycles. The molecule has 3 rings (SSSR count). The first-order valence-corrected chi connectivity index (χ1v) is 13.2. The van der Waals surface area contributed by atoms with Crippen molar-refractivity contribution < 1.29 is 37.4 Å². The van der Waals surface area contributed by atoms with Gasteiger partial charge < -0.3 is 35.6 Å². The lowest BCUT2D eigenvalue weighted by Gasteiger charge is -2.38. The molecule has 3 atom stereocenters. The summed E-state index contributed by atoms with van der Waals surface area (Å²) < 4.78 is 44.7. The number of anilines is 2. The first kappa shape index (κ1) is 31.5. The van der Waals surface area contributed by atoms with E-state index in [0.29, 0.717) is 0 Å².